The zero-order valence-corrected chi connectivity index (χ0v) is 13.0. The summed E-state index contributed by atoms with van der Waals surface area (Å²) in [6, 6.07) is 9.26. The third kappa shape index (κ3) is 6.77. The summed E-state index contributed by atoms with van der Waals surface area (Å²) in [7, 11) is 0. The maximum absolute atomic E-state index is 3.46. The lowest BCUT2D eigenvalue weighted by Crippen LogP contribution is -2.15. The van der Waals surface area contributed by atoms with Gasteiger partial charge in [0.1, 0.15) is 0 Å². The molecule has 19 heavy (non-hydrogen) atoms. The Hall–Kier alpha value is -0.820. The highest BCUT2D eigenvalue weighted by atomic mass is 14.8. The van der Waals surface area contributed by atoms with Crippen molar-refractivity contribution in [3.05, 3.63) is 35.4 Å². The van der Waals surface area contributed by atoms with Crippen LogP contribution < -0.4 is 5.32 Å². The number of hydrogen-bond acceptors (Lipinski definition) is 1. The molecule has 1 aromatic rings. The van der Waals surface area contributed by atoms with Crippen LogP contribution in [0.2, 0.25) is 0 Å². The zero-order valence-electron chi connectivity index (χ0n) is 13.0. The molecule has 1 aromatic carbocycles. The lowest BCUT2D eigenvalue weighted by Gasteiger charge is -2.09. The van der Waals surface area contributed by atoms with Crippen molar-refractivity contribution in [3.8, 4) is 0 Å². The molecule has 1 N–H and O–H groups in total. The lowest BCUT2D eigenvalue weighted by molar-refractivity contribution is 0.599. The SMILES string of the molecule is CCCNCCCCCc1ccc(C(C)CC)cc1. The van der Waals surface area contributed by atoms with Gasteiger partial charge in [-0.15, -0.1) is 0 Å². The lowest BCUT2D eigenvalue weighted by atomic mass is 9.96. The van der Waals surface area contributed by atoms with Gasteiger partial charge in [0, 0.05) is 0 Å². The van der Waals surface area contributed by atoms with Gasteiger partial charge in [-0.25, -0.2) is 0 Å². The minimum Gasteiger partial charge on any atom is -0.317 e. The van der Waals surface area contributed by atoms with Gasteiger partial charge in [-0.2, -0.15) is 0 Å². The Balaban J connectivity index is 2.16. The quantitative estimate of drug-likeness (QED) is 0.590. The maximum Gasteiger partial charge on any atom is -0.00489 e. The molecule has 0 bridgehead atoms. The topological polar surface area (TPSA) is 12.0 Å². The van der Waals surface area contributed by atoms with E-state index in [0.29, 0.717) is 5.92 Å². The van der Waals surface area contributed by atoms with Crippen LogP contribution in [0.3, 0.4) is 0 Å². The molecule has 0 radical (unpaired) electrons. The molecule has 0 aliphatic rings. The fourth-order valence-electron chi connectivity index (χ4n) is 2.31. The summed E-state index contributed by atoms with van der Waals surface area (Å²) in [5, 5.41) is 3.46. The zero-order chi connectivity index (χ0) is 13.9. The number of hydrogen-bond donors (Lipinski definition) is 1. The Bertz CT molecular complexity index is 315. The van der Waals surface area contributed by atoms with E-state index in [4.69, 9.17) is 0 Å². The van der Waals surface area contributed by atoms with Crippen molar-refractivity contribution >= 4 is 0 Å². The molecule has 0 heterocycles. The average molecular weight is 261 g/mol. The minimum absolute atomic E-state index is 0.693. The van der Waals surface area contributed by atoms with Gasteiger partial charge in [0.2, 0.25) is 0 Å². The second-order valence-corrected chi connectivity index (χ2v) is 5.61. The number of nitrogens with one attached hydrogen (secondary N) is 1. The van der Waals surface area contributed by atoms with Crippen LogP contribution in [0.25, 0.3) is 0 Å². The second kappa shape index (κ2) is 10.0. The minimum atomic E-state index is 0.693. The molecule has 1 atom stereocenters. The van der Waals surface area contributed by atoms with Crippen LogP contribution in [-0.4, -0.2) is 13.1 Å². The first kappa shape index (κ1) is 16.2. The van der Waals surface area contributed by atoms with E-state index in [0.717, 1.165) is 6.54 Å². The normalized spacial score (nSPS) is 12.6. The van der Waals surface area contributed by atoms with Crippen LogP contribution in [-0.2, 0) is 6.42 Å². The predicted octanol–water partition coefficient (Wildman–Crippen LogP) is 4.91. The Kier molecular flexibility index (Phi) is 8.57. The molecule has 0 spiro atoms. The van der Waals surface area contributed by atoms with Crippen LogP contribution in [0.1, 0.15) is 69.9 Å². The van der Waals surface area contributed by atoms with Crippen LogP contribution in [0, 0.1) is 0 Å². The molecule has 0 saturated carbocycles. The summed E-state index contributed by atoms with van der Waals surface area (Å²) < 4.78 is 0. The van der Waals surface area contributed by atoms with E-state index in [1.54, 1.807) is 0 Å². The highest BCUT2D eigenvalue weighted by Gasteiger charge is 2.02. The van der Waals surface area contributed by atoms with Gasteiger partial charge < -0.3 is 5.32 Å². The van der Waals surface area contributed by atoms with Gasteiger partial charge in [0.05, 0.1) is 0 Å². The number of unbranched alkanes of at least 4 members (excludes halogenated alkanes) is 2. The molecule has 1 nitrogen and oxygen atoms in total. The van der Waals surface area contributed by atoms with E-state index in [1.807, 2.05) is 0 Å². The first-order valence-electron chi connectivity index (χ1n) is 8.07. The van der Waals surface area contributed by atoms with Crippen molar-refractivity contribution < 1.29 is 0 Å². The van der Waals surface area contributed by atoms with Crippen LogP contribution >= 0.6 is 0 Å². The van der Waals surface area contributed by atoms with Crippen LogP contribution in [0.5, 0.6) is 0 Å². The summed E-state index contributed by atoms with van der Waals surface area (Å²) in [4.78, 5) is 0. The number of rotatable bonds is 10. The van der Waals surface area contributed by atoms with Crippen molar-refractivity contribution in [1.29, 1.82) is 0 Å². The van der Waals surface area contributed by atoms with Crippen molar-refractivity contribution in [2.45, 2.75) is 65.2 Å². The third-order valence-electron chi connectivity index (χ3n) is 3.91. The molecule has 108 valence electrons. The summed E-state index contributed by atoms with van der Waals surface area (Å²) in [5.41, 5.74) is 2.98. The maximum atomic E-state index is 3.46. The molecule has 0 fully saturated rings. The Labute approximate surface area is 119 Å². The Morgan fingerprint density at radius 1 is 0.947 bits per heavy atom. The van der Waals surface area contributed by atoms with E-state index < -0.39 is 0 Å². The van der Waals surface area contributed by atoms with Crippen molar-refractivity contribution in [3.63, 3.8) is 0 Å². The average Bonchev–Trinajstić information content (AvgIpc) is 2.46. The molecule has 0 aliphatic heterocycles. The monoisotopic (exact) mass is 261 g/mol. The summed E-state index contributed by atoms with van der Waals surface area (Å²) in [6.07, 6.45) is 7.66. The van der Waals surface area contributed by atoms with Gasteiger partial charge in [0.15, 0.2) is 0 Å². The first-order valence-corrected chi connectivity index (χ1v) is 8.07. The summed E-state index contributed by atoms with van der Waals surface area (Å²) in [5.74, 6) is 0.693. The van der Waals surface area contributed by atoms with Crippen molar-refractivity contribution in [1.82, 2.24) is 5.32 Å². The molecule has 0 saturated heterocycles. The number of aryl methyl sites for hydroxylation is 1. The van der Waals surface area contributed by atoms with E-state index in [2.05, 4.69) is 50.4 Å². The van der Waals surface area contributed by atoms with Crippen molar-refractivity contribution in [2.24, 2.45) is 0 Å². The van der Waals surface area contributed by atoms with E-state index in [-0.39, 0.29) is 0 Å². The fraction of sp³-hybridized carbons (Fsp3) is 0.667. The number of benzene rings is 1. The van der Waals surface area contributed by atoms with E-state index in [9.17, 15) is 0 Å². The molecule has 0 aromatic heterocycles. The third-order valence-corrected chi connectivity index (χ3v) is 3.91. The summed E-state index contributed by atoms with van der Waals surface area (Å²) >= 11 is 0. The molecular formula is C18H31N. The van der Waals surface area contributed by atoms with Gasteiger partial charge in [0.25, 0.3) is 0 Å². The first-order chi connectivity index (χ1) is 9.27. The van der Waals surface area contributed by atoms with Gasteiger partial charge in [-0.3, -0.25) is 0 Å². The standard InChI is InChI=1S/C18H31N/c1-4-14-19-15-8-6-7-9-17-10-12-18(13-11-17)16(3)5-2/h10-13,16,19H,4-9,14-15H2,1-3H3. The Morgan fingerprint density at radius 2 is 1.68 bits per heavy atom. The van der Waals surface area contributed by atoms with Crippen LogP contribution in [0.4, 0.5) is 0 Å². The van der Waals surface area contributed by atoms with Gasteiger partial charge >= 0.3 is 0 Å². The second-order valence-electron chi connectivity index (χ2n) is 5.61. The molecule has 0 aliphatic carbocycles. The van der Waals surface area contributed by atoms with Gasteiger partial charge in [-0.1, -0.05) is 51.5 Å². The fourth-order valence-corrected chi connectivity index (χ4v) is 2.31. The Morgan fingerprint density at radius 3 is 2.32 bits per heavy atom. The van der Waals surface area contributed by atoms with Crippen LogP contribution in [0.15, 0.2) is 24.3 Å². The van der Waals surface area contributed by atoms with Gasteiger partial charge in [-0.05, 0) is 62.2 Å². The molecule has 0 amide bonds. The molecule has 1 unspecified atom stereocenters. The summed E-state index contributed by atoms with van der Waals surface area (Å²) in [6.45, 7) is 9.12. The molecule has 1 heteroatoms. The predicted molar refractivity (Wildman–Crippen MR) is 85.9 cm³/mol. The van der Waals surface area contributed by atoms with E-state index in [1.165, 1.54) is 56.2 Å². The smallest absolute Gasteiger partial charge is 0.00489 e. The van der Waals surface area contributed by atoms with E-state index >= 15 is 0 Å². The highest BCUT2D eigenvalue weighted by molar-refractivity contribution is 5.25. The van der Waals surface area contributed by atoms with Crippen molar-refractivity contribution in [2.75, 3.05) is 13.1 Å². The largest absolute Gasteiger partial charge is 0.317 e. The molecular weight excluding hydrogens is 230 g/mol. The molecule has 1 rings (SSSR count). The highest BCUT2D eigenvalue weighted by Crippen LogP contribution is 2.19.